The summed E-state index contributed by atoms with van der Waals surface area (Å²) in [5, 5.41) is 9.84. The van der Waals surface area contributed by atoms with Crippen molar-refractivity contribution in [2.75, 3.05) is 46.4 Å². The van der Waals surface area contributed by atoms with E-state index in [4.69, 9.17) is 4.74 Å². The van der Waals surface area contributed by atoms with Gasteiger partial charge in [-0.15, -0.1) is 0 Å². The van der Waals surface area contributed by atoms with Gasteiger partial charge in [-0.05, 0) is 0 Å². The van der Waals surface area contributed by atoms with E-state index in [1.165, 1.54) is 0 Å². The van der Waals surface area contributed by atoms with E-state index in [9.17, 15) is 9.90 Å². The predicted molar refractivity (Wildman–Crippen MR) is 61.2 cm³/mol. The van der Waals surface area contributed by atoms with E-state index in [1.54, 1.807) is 11.9 Å². The minimum absolute atomic E-state index is 0.0704. The number of ether oxygens (including phenoxy) is 1. The number of hydrogen-bond acceptors (Lipinski definition) is 4. The monoisotopic (exact) mass is 230 g/mol. The highest BCUT2D eigenvalue weighted by Gasteiger charge is 2.17. The summed E-state index contributed by atoms with van der Waals surface area (Å²) in [5.74, 6) is 0.0704. The highest BCUT2D eigenvalue weighted by molar-refractivity contribution is 5.75. The van der Waals surface area contributed by atoms with Crippen LogP contribution in [0.3, 0.4) is 0 Å². The van der Waals surface area contributed by atoms with Gasteiger partial charge in [0.2, 0.25) is 5.91 Å². The van der Waals surface area contributed by atoms with Crippen molar-refractivity contribution in [2.45, 2.75) is 19.4 Å². The molecule has 0 aromatic carbocycles. The first-order valence-corrected chi connectivity index (χ1v) is 5.85. The third-order valence-electron chi connectivity index (χ3n) is 2.79. The normalized spacial score (nSPS) is 19.4. The first kappa shape index (κ1) is 13.4. The molecule has 0 aromatic heterocycles. The second-order valence-corrected chi connectivity index (χ2v) is 4.19. The van der Waals surface area contributed by atoms with Crippen molar-refractivity contribution >= 4 is 5.91 Å². The lowest BCUT2D eigenvalue weighted by Crippen LogP contribution is -2.44. The standard InChI is InChI=1S/C11H22N2O3/c1-3-11(15)12(2)8-10(14)9-13-4-6-16-7-5-13/h10,14H,3-9H2,1-2H3. The van der Waals surface area contributed by atoms with Crippen LogP contribution >= 0.6 is 0 Å². The zero-order chi connectivity index (χ0) is 12.0. The number of β-amino-alcohol motifs (C(OH)–C–C–N with tert-alkyl or cyclic N) is 1. The molecule has 5 nitrogen and oxygen atoms in total. The summed E-state index contributed by atoms with van der Waals surface area (Å²) in [4.78, 5) is 15.1. The quantitative estimate of drug-likeness (QED) is 0.695. The Bertz CT molecular complexity index is 217. The fourth-order valence-corrected chi connectivity index (χ4v) is 1.83. The molecule has 1 amide bonds. The summed E-state index contributed by atoms with van der Waals surface area (Å²) in [5.41, 5.74) is 0. The molecule has 0 radical (unpaired) electrons. The SMILES string of the molecule is CCC(=O)N(C)CC(O)CN1CCOCC1. The molecule has 0 saturated carbocycles. The number of aliphatic hydroxyl groups excluding tert-OH is 1. The average Bonchev–Trinajstić information content (AvgIpc) is 2.29. The number of carbonyl (C=O) groups is 1. The lowest BCUT2D eigenvalue weighted by atomic mass is 10.2. The van der Waals surface area contributed by atoms with Crippen LogP contribution in [0.2, 0.25) is 0 Å². The van der Waals surface area contributed by atoms with Gasteiger partial charge in [0.05, 0.1) is 19.3 Å². The summed E-state index contributed by atoms with van der Waals surface area (Å²) < 4.78 is 5.23. The third-order valence-corrected chi connectivity index (χ3v) is 2.79. The van der Waals surface area contributed by atoms with E-state index >= 15 is 0 Å². The summed E-state index contributed by atoms with van der Waals surface area (Å²) in [6.45, 7) is 6.04. The molecule has 0 bridgehead atoms. The van der Waals surface area contributed by atoms with Crippen molar-refractivity contribution in [1.82, 2.24) is 9.80 Å². The van der Waals surface area contributed by atoms with Crippen LogP contribution in [0.4, 0.5) is 0 Å². The van der Waals surface area contributed by atoms with Crippen LogP contribution in [0.5, 0.6) is 0 Å². The van der Waals surface area contributed by atoms with Crippen molar-refractivity contribution in [3.63, 3.8) is 0 Å². The van der Waals surface area contributed by atoms with Gasteiger partial charge in [-0.2, -0.15) is 0 Å². The maximum atomic E-state index is 11.3. The Morgan fingerprint density at radius 2 is 2.12 bits per heavy atom. The molecule has 1 rings (SSSR count). The van der Waals surface area contributed by atoms with Crippen LogP contribution < -0.4 is 0 Å². The molecule has 16 heavy (non-hydrogen) atoms. The molecule has 0 spiro atoms. The van der Waals surface area contributed by atoms with Gasteiger partial charge >= 0.3 is 0 Å². The second kappa shape index (κ2) is 6.83. The molecule has 1 unspecified atom stereocenters. The fraction of sp³-hybridized carbons (Fsp3) is 0.909. The zero-order valence-electron chi connectivity index (χ0n) is 10.2. The summed E-state index contributed by atoms with van der Waals surface area (Å²) >= 11 is 0. The Morgan fingerprint density at radius 1 is 1.50 bits per heavy atom. The highest BCUT2D eigenvalue weighted by atomic mass is 16.5. The van der Waals surface area contributed by atoms with E-state index in [2.05, 4.69) is 4.90 Å². The van der Waals surface area contributed by atoms with Gasteiger partial charge in [-0.25, -0.2) is 0 Å². The van der Waals surface area contributed by atoms with Crippen molar-refractivity contribution in [1.29, 1.82) is 0 Å². The van der Waals surface area contributed by atoms with Crippen LogP contribution in [0.15, 0.2) is 0 Å². The van der Waals surface area contributed by atoms with Gasteiger partial charge in [-0.1, -0.05) is 6.92 Å². The smallest absolute Gasteiger partial charge is 0.222 e. The molecule has 1 N–H and O–H groups in total. The number of amides is 1. The van der Waals surface area contributed by atoms with Crippen LogP contribution in [0.1, 0.15) is 13.3 Å². The molecule has 1 aliphatic heterocycles. The Labute approximate surface area is 97.0 Å². The molecule has 1 saturated heterocycles. The fourth-order valence-electron chi connectivity index (χ4n) is 1.83. The van der Waals surface area contributed by atoms with Crippen LogP contribution in [0, 0.1) is 0 Å². The lowest BCUT2D eigenvalue weighted by molar-refractivity contribution is -0.131. The van der Waals surface area contributed by atoms with Crippen LogP contribution in [0.25, 0.3) is 0 Å². The topological polar surface area (TPSA) is 53.0 Å². The Kier molecular flexibility index (Phi) is 5.73. The minimum Gasteiger partial charge on any atom is -0.390 e. The second-order valence-electron chi connectivity index (χ2n) is 4.19. The first-order valence-electron chi connectivity index (χ1n) is 5.85. The zero-order valence-corrected chi connectivity index (χ0v) is 10.2. The number of likely N-dealkylation sites (N-methyl/N-ethyl adjacent to an activating group) is 1. The lowest BCUT2D eigenvalue weighted by Gasteiger charge is -2.30. The van der Waals surface area contributed by atoms with E-state index in [-0.39, 0.29) is 5.91 Å². The van der Waals surface area contributed by atoms with Crippen molar-refractivity contribution in [3.8, 4) is 0 Å². The maximum Gasteiger partial charge on any atom is 0.222 e. The molecule has 1 fully saturated rings. The Balaban J connectivity index is 2.23. The number of aliphatic hydroxyl groups is 1. The maximum absolute atomic E-state index is 11.3. The number of rotatable bonds is 5. The molecular formula is C11H22N2O3. The molecule has 0 aliphatic carbocycles. The van der Waals surface area contributed by atoms with E-state index in [1.807, 2.05) is 6.92 Å². The van der Waals surface area contributed by atoms with Crippen molar-refractivity contribution in [2.24, 2.45) is 0 Å². The molecule has 1 aliphatic rings. The first-order chi connectivity index (χ1) is 7.63. The van der Waals surface area contributed by atoms with Gasteiger partial charge in [0, 0.05) is 39.6 Å². The molecule has 1 heterocycles. The third kappa shape index (κ3) is 4.47. The molecule has 0 aromatic rings. The van der Waals surface area contributed by atoms with E-state index < -0.39 is 6.10 Å². The Hall–Kier alpha value is -0.650. The van der Waals surface area contributed by atoms with Crippen LogP contribution in [-0.4, -0.2) is 73.4 Å². The number of morpholine rings is 1. The summed E-state index contributed by atoms with van der Waals surface area (Å²) in [6.07, 6.45) is 0.0134. The highest BCUT2D eigenvalue weighted by Crippen LogP contribution is 2.00. The summed E-state index contributed by atoms with van der Waals surface area (Å²) in [6, 6.07) is 0. The van der Waals surface area contributed by atoms with E-state index in [0.717, 1.165) is 26.3 Å². The predicted octanol–water partition coefficient (Wildman–Crippen LogP) is -0.452. The van der Waals surface area contributed by atoms with Gasteiger partial charge in [-0.3, -0.25) is 9.69 Å². The minimum atomic E-state index is -0.474. The number of hydrogen-bond donors (Lipinski definition) is 1. The molecule has 1 atom stereocenters. The van der Waals surface area contributed by atoms with Crippen molar-refractivity contribution < 1.29 is 14.6 Å². The summed E-state index contributed by atoms with van der Waals surface area (Å²) in [7, 11) is 1.73. The van der Waals surface area contributed by atoms with Crippen molar-refractivity contribution in [3.05, 3.63) is 0 Å². The molecular weight excluding hydrogens is 208 g/mol. The van der Waals surface area contributed by atoms with Gasteiger partial charge in [0.25, 0.3) is 0 Å². The molecule has 5 heteroatoms. The largest absolute Gasteiger partial charge is 0.390 e. The average molecular weight is 230 g/mol. The van der Waals surface area contributed by atoms with Gasteiger partial charge < -0.3 is 14.7 Å². The Morgan fingerprint density at radius 3 is 2.69 bits per heavy atom. The number of nitrogens with zero attached hydrogens (tertiary/aromatic N) is 2. The molecule has 94 valence electrons. The van der Waals surface area contributed by atoms with E-state index in [0.29, 0.717) is 19.5 Å². The van der Waals surface area contributed by atoms with Crippen LogP contribution in [-0.2, 0) is 9.53 Å². The number of carbonyl (C=O) groups excluding carboxylic acids is 1. The van der Waals surface area contributed by atoms with Gasteiger partial charge in [0.1, 0.15) is 0 Å². The van der Waals surface area contributed by atoms with Gasteiger partial charge in [0.15, 0.2) is 0 Å².